The molecule has 2 rings (SSSR count). The Morgan fingerprint density at radius 3 is 2.72 bits per heavy atom. The van der Waals surface area contributed by atoms with E-state index < -0.39 is 0 Å². The van der Waals surface area contributed by atoms with Crippen molar-refractivity contribution in [2.24, 2.45) is 0 Å². The molecule has 2 aromatic rings. The normalized spacial score (nSPS) is 10.1. The summed E-state index contributed by atoms with van der Waals surface area (Å²) in [5.41, 5.74) is 6.17. The van der Waals surface area contributed by atoms with Crippen LogP contribution < -0.4 is 15.2 Å². The Bertz CT molecular complexity index is 526. The van der Waals surface area contributed by atoms with Crippen LogP contribution in [-0.2, 0) is 0 Å². The third-order valence-electron chi connectivity index (χ3n) is 2.13. The number of nitrogens with zero attached hydrogens (tertiary/aromatic N) is 1. The lowest BCUT2D eigenvalue weighted by Gasteiger charge is -2.08. The van der Waals surface area contributed by atoms with Gasteiger partial charge < -0.3 is 15.2 Å². The van der Waals surface area contributed by atoms with Crippen LogP contribution in [0.5, 0.6) is 17.4 Å². The molecule has 0 saturated carbocycles. The van der Waals surface area contributed by atoms with Gasteiger partial charge in [-0.05, 0) is 25.1 Å². The summed E-state index contributed by atoms with van der Waals surface area (Å²) in [6, 6.07) is 10.5. The average molecular weight is 265 g/mol. The van der Waals surface area contributed by atoms with E-state index in [1.165, 1.54) is 0 Å². The molecule has 0 amide bonds. The summed E-state index contributed by atoms with van der Waals surface area (Å²) in [7, 11) is 0. The van der Waals surface area contributed by atoms with Crippen LogP contribution >= 0.6 is 11.6 Å². The molecule has 0 spiro atoms. The molecule has 0 aliphatic heterocycles. The molecular formula is C13H13ClN2O2. The predicted molar refractivity (Wildman–Crippen MR) is 71.3 cm³/mol. The number of ether oxygens (including phenoxy) is 2. The lowest BCUT2D eigenvalue weighted by Crippen LogP contribution is -1.94. The predicted octanol–water partition coefficient (Wildman–Crippen LogP) is 3.51. The Balaban J connectivity index is 2.20. The quantitative estimate of drug-likeness (QED) is 0.859. The fourth-order valence-electron chi connectivity index (χ4n) is 1.46. The van der Waals surface area contributed by atoms with E-state index in [0.29, 0.717) is 29.1 Å². The van der Waals surface area contributed by atoms with Gasteiger partial charge >= 0.3 is 0 Å². The highest BCUT2D eigenvalue weighted by Gasteiger charge is 2.03. The first-order valence-corrected chi connectivity index (χ1v) is 5.89. The SMILES string of the molecule is CCOc1cccc(Oc2cc(N)cc(Cl)n2)c1. The van der Waals surface area contributed by atoms with Crippen LogP contribution in [0.3, 0.4) is 0 Å². The van der Waals surface area contributed by atoms with E-state index in [1.54, 1.807) is 24.3 Å². The molecule has 0 aliphatic rings. The molecule has 2 N–H and O–H groups in total. The molecular weight excluding hydrogens is 252 g/mol. The summed E-state index contributed by atoms with van der Waals surface area (Å²) in [4.78, 5) is 4.03. The average Bonchev–Trinajstić information content (AvgIpc) is 2.28. The smallest absolute Gasteiger partial charge is 0.222 e. The Kier molecular flexibility index (Phi) is 3.89. The molecule has 94 valence electrons. The van der Waals surface area contributed by atoms with Crippen LogP contribution in [0.4, 0.5) is 5.69 Å². The number of pyridine rings is 1. The second-order valence-electron chi connectivity index (χ2n) is 3.57. The van der Waals surface area contributed by atoms with E-state index in [-0.39, 0.29) is 0 Å². The van der Waals surface area contributed by atoms with Gasteiger partial charge in [-0.3, -0.25) is 0 Å². The monoisotopic (exact) mass is 264 g/mol. The summed E-state index contributed by atoms with van der Waals surface area (Å²) in [5, 5.41) is 0.297. The van der Waals surface area contributed by atoms with Gasteiger partial charge in [0.15, 0.2) is 0 Å². The minimum absolute atomic E-state index is 0.297. The van der Waals surface area contributed by atoms with Crippen LogP contribution in [0.2, 0.25) is 5.15 Å². The van der Waals surface area contributed by atoms with E-state index in [2.05, 4.69) is 4.98 Å². The second-order valence-corrected chi connectivity index (χ2v) is 3.96. The highest BCUT2D eigenvalue weighted by molar-refractivity contribution is 6.29. The van der Waals surface area contributed by atoms with Crippen LogP contribution in [0.25, 0.3) is 0 Å². The molecule has 0 saturated heterocycles. The maximum absolute atomic E-state index is 5.80. The van der Waals surface area contributed by atoms with E-state index in [1.807, 2.05) is 19.1 Å². The number of anilines is 1. The van der Waals surface area contributed by atoms with Gasteiger partial charge in [0.1, 0.15) is 16.7 Å². The molecule has 1 aromatic carbocycles. The summed E-state index contributed by atoms with van der Waals surface area (Å²) >= 11 is 5.80. The second kappa shape index (κ2) is 5.60. The lowest BCUT2D eigenvalue weighted by atomic mass is 10.3. The van der Waals surface area contributed by atoms with Crippen molar-refractivity contribution in [2.75, 3.05) is 12.3 Å². The van der Waals surface area contributed by atoms with Gasteiger partial charge in [0, 0.05) is 17.8 Å². The van der Waals surface area contributed by atoms with E-state index in [9.17, 15) is 0 Å². The van der Waals surface area contributed by atoms with Crippen LogP contribution in [0, 0.1) is 0 Å². The molecule has 0 radical (unpaired) electrons. The maximum atomic E-state index is 5.80. The molecule has 0 bridgehead atoms. The zero-order valence-electron chi connectivity index (χ0n) is 9.89. The van der Waals surface area contributed by atoms with Gasteiger partial charge in [-0.1, -0.05) is 17.7 Å². The Morgan fingerprint density at radius 1 is 1.22 bits per heavy atom. The van der Waals surface area contributed by atoms with Crippen LogP contribution in [0.15, 0.2) is 36.4 Å². The fourth-order valence-corrected chi connectivity index (χ4v) is 1.67. The number of rotatable bonds is 4. The topological polar surface area (TPSA) is 57.4 Å². The molecule has 0 aliphatic carbocycles. The van der Waals surface area contributed by atoms with Crippen molar-refractivity contribution in [3.8, 4) is 17.4 Å². The highest BCUT2D eigenvalue weighted by Crippen LogP contribution is 2.26. The first kappa shape index (κ1) is 12.5. The minimum atomic E-state index is 0.297. The molecule has 18 heavy (non-hydrogen) atoms. The van der Waals surface area contributed by atoms with E-state index in [0.717, 1.165) is 5.75 Å². The van der Waals surface area contributed by atoms with Gasteiger partial charge in [0.25, 0.3) is 0 Å². The molecule has 0 fully saturated rings. The number of halogens is 1. The van der Waals surface area contributed by atoms with Crippen molar-refractivity contribution in [3.05, 3.63) is 41.6 Å². The van der Waals surface area contributed by atoms with Crippen molar-refractivity contribution >= 4 is 17.3 Å². The van der Waals surface area contributed by atoms with Crippen molar-refractivity contribution < 1.29 is 9.47 Å². The lowest BCUT2D eigenvalue weighted by molar-refractivity contribution is 0.338. The molecule has 4 nitrogen and oxygen atoms in total. The van der Waals surface area contributed by atoms with Gasteiger partial charge in [0.2, 0.25) is 5.88 Å². The fraction of sp³-hybridized carbons (Fsp3) is 0.154. The van der Waals surface area contributed by atoms with Gasteiger partial charge in [-0.25, -0.2) is 4.98 Å². The molecule has 0 unspecified atom stereocenters. The number of aromatic nitrogens is 1. The molecule has 0 atom stereocenters. The zero-order valence-corrected chi connectivity index (χ0v) is 10.6. The number of hydrogen-bond acceptors (Lipinski definition) is 4. The minimum Gasteiger partial charge on any atom is -0.494 e. The molecule has 5 heteroatoms. The Labute approximate surface area is 110 Å². The van der Waals surface area contributed by atoms with Crippen molar-refractivity contribution in [1.29, 1.82) is 0 Å². The largest absolute Gasteiger partial charge is 0.494 e. The first-order valence-electron chi connectivity index (χ1n) is 5.51. The summed E-state index contributed by atoms with van der Waals surface area (Å²) in [6.45, 7) is 2.53. The Hall–Kier alpha value is -1.94. The third-order valence-corrected chi connectivity index (χ3v) is 2.33. The zero-order chi connectivity index (χ0) is 13.0. The third kappa shape index (κ3) is 3.28. The summed E-state index contributed by atoms with van der Waals surface area (Å²) < 4.78 is 11.0. The van der Waals surface area contributed by atoms with Crippen molar-refractivity contribution in [1.82, 2.24) is 4.98 Å². The van der Waals surface area contributed by atoms with Crippen LogP contribution in [0.1, 0.15) is 6.92 Å². The highest BCUT2D eigenvalue weighted by atomic mass is 35.5. The number of nitrogen functional groups attached to an aromatic ring is 1. The Morgan fingerprint density at radius 2 is 2.00 bits per heavy atom. The maximum Gasteiger partial charge on any atom is 0.222 e. The number of benzene rings is 1. The summed E-state index contributed by atoms with van der Waals surface area (Å²) in [6.07, 6.45) is 0. The standard InChI is InChI=1S/C13H13ClN2O2/c1-2-17-10-4-3-5-11(8-10)18-13-7-9(15)6-12(14)16-13/h3-8H,2H2,1H3,(H2,15,16). The van der Waals surface area contributed by atoms with Gasteiger partial charge in [-0.15, -0.1) is 0 Å². The van der Waals surface area contributed by atoms with Gasteiger partial charge in [-0.2, -0.15) is 0 Å². The van der Waals surface area contributed by atoms with E-state index >= 15 is 0 Å². The number of hydrogen-bond donors (Lipinski definition) is 1. The molecule has 1 aromatic heterocycles. The van der Waals surface area contributed by atoms with Crippen LogP contribution in [-0.4, -0.2) is 11.6 Å². The van der Waals surface area contributed by atoms with Crippen molar-refractivity contribution in [3.63, 3.8) is 0 Å². The van der Waals surface area contributed by atoms with E-state index in [4.69, 9.17) is 26.8 Å². The molecule has 1 heterocycles. The summed E-state index contributed by atoms with van der Waals surface area (Å²) in [5.74, 6) is 1.72. The van der Waals surface area contributed by atoms with Crippen molar-refractivity contribution in [2.45, 2.75) is 6.92 Å². The number of nitrogens with two attached hydrogens (primary N) is 1. The first-order chi connectivity index (χ1) is 8.67. The van der Waals surface area contributed by atoms with Gasteiger partial charge in [0.05, 0.1) is 6.61 Å².